The van der Waals surface area contributed by atoms with Gasteiger partial charge >= 0.3 is 6.18 Å². The van der Waals surface area contributed by atoms with Crippen molar-refractivity contribution < 1.29 is 18.0 Å². The first-order valence-electron chi connectivity index (χ1n) is 9.51. The van der Waals surface area contributed by atoms with E-state index in [1.807, 2.05) is 30.3 Å². The molecule has 1 amide bonds. The molecule has 1 heterocycles. The van der Waals surface area contributed by atoms with Gasteiger partial charge in [0.2, 0.25) is 5.91 Å². The number of halogens is 3. The first-order chi connectivity index (χ1) is 13.3. The maximum atomic E-state index is 13.4. The van der Waals surface area contributed by atoms with E-state index in [4.69, 9.17) is 0 Å². The minimum atomic E-state index is -4.19. The molecule has 0 unspecified atom stereocenters. The summed E-state index contributed by atoms with van der Waals surface area (Å²) in [5.74, 6) is 0.266. The lowest BCUT2D eigenvalue weighted by atomic mass is 9.53. The summed E-state index contributed by atoms with van der Waals surface area (Å²) in [6.45, 7) is 0. The van der Waals surface area contributed by atoms with Gasteiger partial charge in [-0.15, -0.1) is 10.2 Å². The van der Waals surface area contributed by atoms with Gasteiger partial charge in [0.15, 0.2) is 5.82 Å². The second-order valence-electron chi connectivity index (χ2n) is 8.07. The van der Waals surface area contributed by atoms with Crippen LogP contribution < -0.4 is 4.90 Å². The molecule has 7 heteroatoms. The van der Waals surface area contributed by atoms with Gasteiger partial charge in [-0.05, 0) is 50.7 Å². The summed E-state index contributed by atoms with van der Waals surface area (Å²) in [6, 6.07) is 13.1. The standard InChI is InChI=1S/C21H22F3N3O/c1-27(17-8-7-16(25-26-17)15-5-3-2-4-6-15)18(28)19-9-12-20(13-10-19,14-11-19)21(22,23)24/h2-8H,9-14H2,1H3. The third kappa shape index (κ3) is 2.97. The smallest absolute Gasteiger partial charge is 0.298 e. The molecule has 4 nitrogen and oxygen atoms in total. The van der Waals surface area contributed by atoms with Crippen molar-refractivity contribution in [2.75, 3.05) is 11.9 Å². The van der Waals surface area contributed by atoms with Gasteiger partial charge in [-0.2, -0.15) is 13.2 Å². The molecule has 2 bridgehead atoms. The highest BCUT2D eigenvalue weighted by Gasteiger charge is 2.63. The first kappa shape index (κ1) is 18.9. The van der Waals surface area contributed by atoms with Crippen molar-refractivity contribution in [1.29, 1.82) is 0 Å². The van der Waals surface area contributed by atoms with Gasteiger partial charge in [0.1, 0.15) is 0 Å². The van der Waals surface area contributed by atoms with E-state index in [2.05, 4.69) is 10.2 Å². The van der Waals surface area contributed by atoms with Crippen molar-refractivity contribution in [1.82, 2.24) is 10.2 Å². The predicted octanol–water partition coefficient (Wildman–Crippen LogP) is 5.01. The number of hydrogen-bond donors (Lipinski definition) is 0. The molecule has 3 fully saturated rings. The van der Waals surface area contributed by atoms with Crippen LogP contribution in [0.15, 0.2) is 42.5 Å². The second kappa shape index (κ2) is 6.57. The van der Waals surface area contributed by atoms with Crippen LogP contribution in [-0.4, -0.2) is 29.3 Å². The Bertz CT molecular complexity index is 840. The maximum Gasteiger partial charge on any atom is 0.394 e. The summed E-state index contributed by atoms with van der Waals surface area (Å²) in [4.78, 5) is 14.6. The first-order valence-corrected chi connectivity index (χ1v) is 9.51. The molecule has 0 spiro atoms. The van der Waals surface area contributed by atoms with Gasteiger partial charge in [0.25, 0.3) is 0 Å². The van der Waals surface area contributed by atoms with Gasteiger partial charge in [-0.3, -0.25) is 9.69 Å². The fourth-order valence-electron chi connectivity index (χ4n) is 4.66. The van der Waals surface area contributed by atoms with Crippen LogP contribution in [0.5, 0.6) is 0 Å². The minimum absolute atomic E-state index is 0.0364. The van der Waals surface area contributed by atoms with E-state index in [0.29, 0.717) is 11.5 Å². The van der Waals surface area contributed by atoms with Crippen LogP contribution >= 0.6 is 0 Å². The van der Waals surface area contributed by atoms with Crippen molar-refractivity contribution in [2.45, 2.75) is 44.7 Å². The molecule has 0 atom stereocenters. The fourth-order valence-corrected chi connectivity index (χ4v) is 4.66. The Hall–Kier alpha value is -2.44. The van der Waals surface area contributed by atoms with Crippen molar-refractivity contribution in [3.8, 4) is 11.3 Å². The molecular weight excluding hydrogens is 367 g/mol. The number of alkyl halides is 3. The van der Waals surface area contributed by atoms with E-state index in [9.17, 15) is 18.0 Å². The Labute approximate surface area is 161 Å². The number of carbonyl (C=O) groups is 1. The van der Waals surface area contributed by atoms with Crippen molar-refractivity contribution in [3.05, 3.63) is 42.5 Å². The number of hydrogen-bond acceptors (Lipinski definition) is 3. The zero-order chi connectivity index (χ0) is 20.0. The molecule has 1 aromatic heterocycles. The predicted molar refractivity (Wildman–Crippen MR) is 99.5 cm³/mol. The third-order valence-electron chi connectivity index (χ3n) is 6.67. The van der Waals surface area contributed by atoms with Crippen LogP contribution in [-0.2, 0) is 4.79 Å². The third-order valence-corrected chi connectivity index (χ3v) is 6.67. The number of nitrogens with zero attached hydrogens (tertiary/aromatic N) is 3. The van der Waals surface area contributed by atoms with E-state index in [1.165, 1.54) is 4.90 Å². The number of aromatic nitrogens is 2. The molecule has 5 rings (SSSR count). The highest BCUT2D eigenvalue weighted by molar-refractivity contribution is 5.96. The van der Waals surface area contributed by atoms with Crippen LogP contribution in [0.2, 0.25) is 0 Å². The van der Waals surface area contributed by atoms with E-state index < -0.39 is 17.0 Å². The molecule has 1 aromatic carbocycles. The molecule has 148 valence electrons. The van der Waals surface area contributed by atoms with Crippen molar-refractivity contribution in [2.24, 2.45) is 10.8 Å². The van der Waals surface area contributed by atoms with Crippen LogP contribution in [0.4, 0.5) is 19.0 Å². The summed E-state index contributed by atoms with van der Waals surface area (Å²) >= 11 is 0. The lowest BCUT2D eigenvalue weighted by Gasteiger charge is -2.53. The molecule has 3 aliphatic carbocycles. The lowest BCUT2D eigenvalue weighted by molar-refractivity contribution is -0.258. The zero-order valence-corrected chi connectivity index (χ0v) is 15.7. The number of fused-ring (bicyclic) bond motifs is 3. The quantitative estimate of drug-likeness (QED) is 0.741. The molecular formula is C21H22F3N3O. The molecule has 0 aliphatic heterocycles. The molecule has 2 aromatic rings. The summed E-state index contributed by atoms with van der Waals surface area (Å²) < 4.78 is 40.3. The molecule has 0 radical (unpaired) electrons. The highest BCUT2D eigenvalue weighted by atomic mass is 19.4. The van der Waals surface area contributed by atoms with Crippen LogP contribution in [0.3, 0.4) is 0 Å². The zero-order valence-electron chi connectivity index (χ0n) is 15.7. The number of benzene rings is 1. The average Bonchev–Trinajstić information content (AvgIpc) is 2.74. The monoisotopic (exact) mass is 389 g/mol. The molecule has 0 saturated heterocycles. The number of amides is 1. The van der Waals surface area contributed by atoms with E-state index in [0.717, 1.165) is 5.56 Å². The SMILES string of the molecule is CN(C(=O)C12CCC(C(F)(F)F)(CC1)CC2)c1ccc(-c2ccccc2)nn1. The Morgan fingerprint density at radius 1 is 0.929 bits per heavy atom. The van der Waals surface area contributed by atoms with Crippen molar-refractivity contribution >= 4 is 11.7 Å². The summed E-state index contributed by atoms with van der Waals surface area (Å²) in [5, 5.41) is 8.38. The maximum absolute atomic E-state index is 13.4. The van der Waals surface area contributed by atoms with Crippen LogP contribution in [0.1, 0.15) is 38.5 Å². The molecule has 28 heavy (non-hydrogen) atoms. The Morgan fingerprint density at radius 2 is 1.54 bits per heavy atom. The minimum Gasteiger partial charge on any atom is -0.298 e. The van der Waals surface area contributed by atoms with Gasteiger partial charge in [0, 0.05) is 18.0 Å². The van der Waals surface area contributed by atoms with E-state index >= 15 is 0 Å². The summed E-state index contributed by atoms with van der Waals surface area (Å²) in [6.07, 6.45) is -3.23. The van der Waals surface area contributed by atoms with Crippen LogP contribution in [0.25, 0.3) is 11.3 Å². The molecule has 3 saturated carbocycles. The van der Waals surface area contributed by atoms with Gasteiger partial charge in [0.05, 0.1) is 11.1 Å². The number of carbonyl (C=O) groups excluding carboxylic acids is 1. The van der Waals surface area contributed by atoms with Gasteiger partial charge < -0.3 is 0 Å². The van der Waals surface area contributed by atoms with E-state index in [-0.39, 0.29) is 44.4 Å². The second-order valence-corrected chi connectivity index (χ2v) is 8.07. The Balaban J connectivity index is 1.50. The fraction of sp³-hybridized carbons (Fsp3) is 0.476. The van der Waals surface area contributed by atoms with Crippen molar-refractivity contribution in [3.63, 3.8) is 0 Å². The Kier molecular flexibility index (Phi) is 4.43. The normalized spacial score (nSPS) is 26.9. The Morgan fingerprint density at radius 3 is 2.04 bits per heavy atom. The average molecular weight is 389 g/mol. The topological polar surface area (TPSA) is 46.1 Å². The van der Waals surface area contributed by atoms with E-state index in [1.54, 1.807) is 19.2 Å². The lowest BCUT2D eigenvalue weighted by Crippen LogP contribution is -2.55. The number of rotatable bonds is 3. The summed E-state index contributed by atoms with van der Waals surface area (Å²) in [7, 11) is 1.63. The number of anilines is 1. The van der Waals surface area contributed by atoms with Gasteiger partial charge in [-0.25, -0.2) is 0 Å². The van der Waals surface area contributed by atoms with Crippen LogP contribution in [0, 0.1) is 10.8 Å². The van der Waals surface area contributed by atoms with Gasteiger partial charge in [-0.1, -0.05) is 30.3 Å². The largest absolute Gasteiger partial charge is 0.394 e. The summed E-state index contributed by atoms with van der Waals surface area (Å²) in [5.41, 5.74) is -0.669. The highest BCUT2D eigenvalue weighted by Crippen LogP contribution is 2.63. The molecule has 0 N–H and O–H groups in total. The molecule has 3 aliphatic rings.